The number of halogens is 2. The van der Waals surface area contributed by atoms with E-state index < -0.39 is 17.2 Å². The number of nitrogens with zero attached hydrogens (tertiary/aromatic N) is 1. The minimum absolute atomic E-state index is 0.0935. The average Bonchev–Trinajstić information content (AvgIpc) is 2.67. The van der Waals surface area contributed by atoms with E-state index >= 15 is 0 Å². The minimum atomic E-state index is -0.958. The first-order valence-electron chi connectivity index (χ1n) is 8.90. The van der Waals surface area contributed by atoms with Crippen LogP contribution < -0.4 is 4.74 Å². The summed E-state index contributed by atoms with van der Waals surface area (Å²) in [7, 11) is 0. The first-order valence-corrected chi connectivity index (χ1v) is 8.90. The molecule has 0 amide bonds. The molecular formula is C20H21F2NO3. The molecule has 2 bridgehead atoms. The topological polar surface area (TPSA) is 51.6 Å². The number of fused-ring (bicyclic) bond motifs is 3. The zero-order chi connectivity index (χ0) is 18.2. The van der Waals surface area contributed by atoms with Gasteiger partial charge in [-0.15, -0.1) is 0 Å². The molecule has 26 heavy (non-hydrogen) atoms. The van der Waals surface area contributed by atoms with Gasteiger partial charge in [-0.3, -0.25) is 0 Å². The first-order chi connectivity index (χ1) is 12.5. The largest absolute Gasteiger partial charge is 0.439 e. The van der Waals surface area contributed by atoms with Crippen molar-refractivity contribution in [3.8, 4) is 11.6 Å². The number of hydrogen-bond acceptors (Lipinski definition) is 4. The van der Waals surface area contributed by atoms with Crippen molar-refractivity contribution < 1.29 is 23.4 Å². The summed E-state index contributed by atoms with van der Waals surface area (Å²) in [6, 6.07) is 8.83. The molecule has 0 spiro atoms. The fourth-order valence-corrected chi connectivity index (χ4v) is 4.04. The van der Waals surface area contributed by atoms with Gasteiger partial charge < -0.3 is 14.6 Å². The van der Waals surface area contributed by atoms with Crippen molar-refractivity contribution in [2.24, 2.45) is 5.41 Å². The number of aliphatic hydroxyl groups is 1. The molecule has 1 saturated carbocycles. The first kappa shape index (κ1) is 17.4. The quantitative estimate of drug-likeness (QED) is 0.862. The summed E-state index contributed by atoms with van der Waals surface area (Å²) in [5.41, 5.74) is 0.468. The van der Waals surface area contributed by atoms with Crippen LogP contribution in [0.2, 0.25) is 0 Å². The van der Waals surface area contributed by atoms with Gasteiger partial charge in [0.25, 0.3) is 0 Å². The SMILES string of the molecule is OCCC12CCC(c3cccc(Oc4ccc(F)c(F)c4)n3)(CC1)OC2. The molecule has 1 aliphatic carbocycles. The van der Waals surface area contributed by atoms with Crippen molar-refractivity contribution in [1.29, 1.82) is 0 Å². The standard InChI is InChI=1S/C20H21F2NO3/c21-15-5-4-14(12-16(15)22)26-18-3-1-2-17(23-18)20-8-6-19(7-9-20,10-11-24)13-25-20/h1-5,12,24H,6-11,13H2. The van der Waals surface area contributed by atoms with E-state index in [9.17, 15) is 13.9 Å². The van der Waals surface area contributed by atoms with E-state index in [4.69, 9.17) is 9.47 Å². The van der Waals surface area contributed by atoms with Crippen LogP contribution in [-0.4, -0.2) is 23.3 Å². The molecule has 6 heteroatoms. The van der Waals surface area contributed by atoms with Crippen molar-refractivity contribution in [1.82, 2.24) is 4.98 Å². The van der Waals surface area contributed by atoms with Gasteiger partial charge in [-0.05, 0) is 55.7 Å². The molecule has 5 rings (SSSR count). The van der Waals surface area contributed by atoms with E-state index in [1.807, 2.05) is 12.1 Å². The molecule has 1 aromatic heterocycles. The molecule has 0 atom stereocenters. The molecule has 138 valence electrons. The lowest BCUT2D eigenvalue weighted by Crippen LogP contribution is -2.49. The number of rotatable bonds is 5. The predicted molar refractivity (Wildman–Crippen MR) is 90.9 cm³/mol. The Labute approximate surface area is 150 Å². The van der Waals surface area contributed by atoms with Crippen LogP contribution in [-0.2, 0) is 10.3 Å². The van der Waals surface area contributed by atoms with E-state index in [2.05, 4.69) is 4.98 Å². The highest BCUT2D eigenvalue weighted by Crippen LogP contribution is 2.54. The van der Waals surface area contributed by atoms with Gasteiger partial charge in [0, 0.05) is 18.7 Å². The molecule has 3 aliphatic rings. The van der Waals surface area contributed by atoms with Crippen LogP contribution in [0.5, 0.6) is 11.6 Å². The molecule has 2 saturated heterocycles. The summed E-state index contributed by atoms with van der Waals surface area (Å²) in [5, 5.41) is 9.29. The number of aliphatic hydroxyl groups excluding tert-OH is 1. The fraction of sp³-hybridized carbons (Fsp3) is 0.450. The third kappa shape index (κ3) is 3.08. The van der Waals surface area contributed by atoms with E-state index in [1.165, 1.54) is 6.07 Å². The second-order valence-corrected chi connectivity index (χ2v) is 7.30. The third-order valence-corrected chi connectivity index (χ3v) is 5.72. The smallest absolute Gasteiger partial charge is 0.219 e. The lowest BCUT2D eigenvalue weighted by atomic mass is 9.64. The second-order valence-electron chi connectivity index (χ2n) is 7.30. The Morgan fingerprint density at radius 1 is 1.08 bits per heavy atom. The summed E-state index contributed by atoms with van der Waals surface area (Å²) in [6.07, 6.45) is 4.49. The highest BCUT2D eigenvalue weighted by atomic mass is 19.2. The zero-order valence-corrected chi connectivity index (χ0v) is 14.4. The molecule has 3 heterocycles. The van der Waals surface area contributed by atoms with Gasteiger partial charge in [0.05, 0.1) is 12.3 Å². The van der Waals surface area contributed by atoms with Gasteiger partial charge >= 0.3 is 0 Å². The van der Waals surface area contributed by atoms with Crippen LogP contribution in [0.4, 0.5) is 8.78 Å². The Hall–Kier alpha value is -2.05. The summed E-state index contributed by atoms with van der Waals surface area (Å²) in [5.74, 6) is -1.35. The van der Waals surface area contributed by atoms with Gasteiger partial charge in [0.1, 0.15) is 11.4 Å². The van der Waals surface area contributed by atoms with Crippen molar-refractivity contribution >= 4 is 0 Å². The van der Waals surface area contributed by atoms with Crippen molar-refractivity contribution in [3.63, 3.8) is 0 Å². The number of benzene rings is 1. The second kappa shape index (κ2) is 6.59. The summed E-state index contributed by atoms with van der Waals surface area (Å²) in [4.78, 5) is 4.57. The van der Waals surface area contributed by atoms with Crippen LogP contribution in [0.25, 0.3) is 0 Å². The van der Waals surface area contributed by atoms with Gasteiger partial charge in [0.15, 0.2) is 11.6 Å². The van der Waals surface area contributed by atoms with Gasteiger partial charge in [-0.2, -0.15) is 0 Å². The van der Waals surface area contributed by atoms with Crippen LogP contribution in [0.1, 0.15) is 37.8 Å². The molecule has 2 aliphatic heterocycles. The van der Waals surface area contributed by atoms with Crippen LogP contribution in [0.3, 0.4) is 0 Å². The van der Waals surface area contributed by atoms with Crippen LogP contribution >= 0.6 is 0 Å². The van der Waals surface area contributed by atoms with E-state index in [-0.39, 0.29) is 17.8 Å². The zero-order valence-electron chi connectivity index (χ0n) is 14.4. The Morgan fingerprint density at radius 3 is 2.54 bits per heavy atom. The van der Waals surface area contributed by atoms with Crippen LogP contribution in [0.15, 0.2) is 36.4 Å². The molecule has 1 N–H and O–H groups in total. The Morgan fingerprint density at radius 2 is 1.88 bits per heavy atom. The third-order valence-electron chi connectivity index (χ3n) is 5.72. The summed E-state index contributed by atoms with van der Waals surface area (Å²) < 4.78 is 38.2. The maximum atomic E-state index is 13.4. The number of pyridine rings is 1. The highest BCUT2D eigenvalue weighted by molar-refractivity contribution is 5.30. The van der Waals surface area contributed by atoms with Gasteiger partial charge in [-0.1, -0.05) is 6.07 Å². The summed E-state index contributed by atoms with van der Waals surface area (Å²) in [6.45, 7) is 0.815. The maximum Gasteiger partial charge on any atom is 0.219 e. The van der Waals surface area contributed by atoms with Gasteiger partial charge in [-0.25, -0.2) is 13.8 Å². The van der Waals surface area contributed by atoms with Gasteiger partial charge in [0.2, 0.25) is 5.88 Å². The predicted octanol–water partition coefficient (Wildman–Crippen LogP) is 4.32. The van der Waals surface area contributed by atoms with E-state index in [1.54, 1.807) is 6.07 Å². The molecule has 0 radical (unpaired) electrons. The van der Waals surface area contributed by atoms with Crippen molar-refractivity contribution in [2.45, 2.75) is 37.7 Å². The van der Waals surface area contributed by atoms with Crippen molar-refractivity contribution in [3.05, 3.63) is 53.7 Å². The van der Waals surface area contributed by atoms with E-state index in [0.717, 1.165) is 49.9 Å². The van der Waals surface area contributed by atoms with Crippen LogP contribution in [0, 0.1) is 17.0 Å². The molecule has 4 nitrogen and oxygen atoms in total. The molecule has 0 unspecified atom stereocenters. The molecule has 2 aromatic rings. The molecule has 1 aromatic carbocycles. The lowest BCUT2D eigenvalue weighted by molar-refractivity contribution is -0.195. The van der Waals surface area contributed by atoms with Crippen molar-refractivity contribution in [2.75, 3.05) is 13.2 Å². The Bertz CT molecular complexity index is 787. The Kier molecular flexibility index (Phi) is 4.40. The number of ether oxygens (including phenoxy) is 2. The maximum absolute atomic E-state index is 13.4. The number of hydrogen-bond donors (Lipinski definition) is 1. The molecule has 3 fully saturated rings. The fourth-order valence-electron chi connectivity index (χ4n) is 4.04. The monoisotopic (exact) mass is 361 g/mol. The molecular weight excluding hydrogens is 340 g/mol. The summed E-state index contributed by atoms with van der Waals surface area (Å²) >= 11 is 0. The normalized spacial score (nSPS) is 27.5. The Balaban J connectivity index is 1.54. The average molecular weight is 361 g/mol. The highest BCUT2D eigenvalue weighted by Gasteiger charge is 2.51. The minimum Gasteiger partial charge on any atom is -0.439 e. The lowest BCUT2D eigenvalue weighted by Gasteiger charge is -2.52. The van der Waals surface area contributed by atoms with E-state index in [0.29, 0.717) is 12.5 Å². The number of aromatic nitrogens is 1.